The molecule has 1 N–H and O–H groups in total. The molecule has 1 heteroatoms. The lowest BCUT2D eigenvalue weighted by atomic mass is 9.91. The molecule has 1 aromatic carbocycles. The quantitative estimate of drug-likeness (QED) is 0.738. The molecular formula is C15H22O. The van der Waals surface area contributed by atoms with Gasteiger partial charge in [-0.2, -0.15) is 0 Å². The van der Waals surface area contributed by atoms with Gasteiger partial charge in [0.25, 0.3) is 0 Å². The molecule has 1 nitrogen and oxygen atoms in total. The lowest BCUT2D eigenvalue weighted by Gasteiger charge is -2.15. The lowest BCUT2D eigenvalue weighted by molar-refractivity contribution is 0.199. The van der Waals surface area contributed by atoms with Crippen molar-refractivity contribution < 1.29 is 5.11 Å². The Bertz CT molecular complexity index is 305. The van der Waals surface area contributed by atoms with E-state index in [9.17, 15) is 5.11 Å². The first kappa shape index (κ1) is 11.7. The third-order valence-electron chi connectivity index (χ3n) is 3.75. The van der Waals surface area contributed by atoms with Crippen LogP contribution >= 0.6 is 0 Å². The molecule has 0 amide bonds. The molecule has 0 saturated heterocycles. The number of hydrogen-bond donors (Lipinski definition) is 1. The van der Waals surface area contributed by atoms with Gasteiger partial charge in [0.05, 0.1) is 6.10 Å². The highest BCUT2D eigenvalue weighted by Crippen LogP contribution is 2.31. The van der Waals surface area contributed by atoms with Crippen LogP contribution in [0.15, 0.2) is 24.3 Å². The van der Waals surface area contributed by atoms with Crippen molar-refractivity contribution in [1.82, 2.24) is 0 Å². The highest BCUT2D eigenvalue weighted by Gasteiger charge is 2.14. The van der Waals surface area contributed by atoms with Gasteiger partial charge in [0.2, 0.25) is 0 Å². The molecule has 0 heterocycles. The molecule has 1 aromatic rings. The number of rotatable bonds is 2. The van der Waals surface area contributed by atoms with Gasteiger partial charge in [-0.15, -0.1) is 0 Å². The van der Waals surface area contributed by atoms with E-state index in [-0.39, 0.29) is 6.10 Å². The van der Waals surface area contributed by atoms with Crippen LogP contribution < -0.4 is 0 Å². The molecule has 1 aliphatic rings. The van der Waals surface area contributed by atoms with Crippen molar-refractivity contribution in [2.45, 2.75) is 57.5 Å². The van der Waals surface area contributed by atoms with E-state index in [1.165, 1.54) is 44.1 Å². The van der Waals surface area contributed by atoms with Crippen molar-refractivity contribution in [3.05, 3.63) is 35.4 Å². The van der Waals surface area contributed by atoms with Gasteiger partial charge in [-0.05, 0) is 36.8 Å². The standard InChI is InChI=1S/C15H22O/c1-12(16)13-8-10-15(11-9-13)14-6-4-2-3-5-7-14/h8-12,14,16H,2-7H2,1H3. The van der Waals surface area contributed by atoms with Gasteiger partial charge in [0.15, 0.2) is 0 Å². The van der Waals surface area contributed by atoms with Gasteiger partial charge in [-0.1, -0.05) is 49.9 Å². The van der Waals surface area contributed by atoms with E-state index in [0.717, 1.165) is 11.5 Å². The summed E-state index contributed by atoms with van der Waals surface area (Å²) in [6.45, 7) is 1.82. The minimum absolute atomic E-state index is 0.344. The van der Waals surface area contributed by atoms with Crippen molar-refractivity contribution in [3.63, 3.8) is 0 Å². The van der Waals surface area contributed by atoms with Gasteiger partial charge in [0, 0.05) is 0 Å². The summed E-state index contributed by atoms with van der Waals surface area (Å²) in [4.78, 5) is 0. The van der Waals surface area contributed by atoms with Crippen molar-refractivity contribution in [2.75, 3.05) is 0 Å². The van der Waals surface area contributed by atoms with Crippen LogP contribution in [-0.4, -0.2) is 5.11 Å². The average molecular weight is 218 g/mol. The fourth-order valence-electron chi connectivity index (χ4n) is 2.66. The van der Waals surface area contributed by atoms with Crippen molar-refractivity contribution >= 4 is 0 Å². The van der Waals surface area contributed by atoms with Crippen LogP contribution in [0.2, 0.25) is 0 Å². The van der Waals surface area contributed by atoms with Gasteiger partial charge < -0.3 is 5.11 Å². The fourth-order valence-corrected chi connectivity index (χ4v) is 2.66. The monoisotopic (exact) mass is 218 g/mol. The van der Waals surface area contributed by atoms with Gasteiger partial charge in [-0.25, -0.2) is 0 Å². The molecule has 0 radical (unpaired) electrons. The van der Waals surface area contributed by atoms with E-state index >= 15 is 0 Å². The second-order valence-corrected chi connectivity index (χ2v) is 5.03. The van der Waals surface area contributed by atoms with E-state index in [1.54, 1.807) is 0 Å². The molecule has 1 atom stereocenters. The highest BCUT2D eigenvalue weighted by atomic mass is 16.3. The first-order valence-electron chi connectivity index (χ1n) is 6.55. The number of aliphatic hydroxyl groups excluding tert-OH is 1. The summed E-state index contributed by atoms with van der Waals surface area (Å²) in [5, 5.41) is 9.47. The first-order chi connectivity index (χ1) is 7.77. The molecule has 0 spiro atoms. The molecule has 1 aliphatic carbocycles. The minimum atomic E-state index is -0.344. The maximum atomic E-state index is 9.47. The Morgan fingerprint density at radius 2 is 1.56 bits per heavy atom. The third kappa shape index (κ3) is 2.85. The normalized spacial score (nSPS) is 20.4. The summed E-state index contributed by atoms with van der Waals surface area (Å²) < 4.78 is 0. The molecule has 0 aromatic heterocycles. The van der Waals surface area contributed by atoms with E-state index < -0.39 is 0 Å². The second kappa shape index (κ2) is 5.49. The predicted octanol–water partition coefficient (Wildman–Crippen LogP) is 4.18. The Hall–Kier alpha value is -0.820. The summed E-state index contributed by atoms with van der Waals surface area (Å²) in [6.07, 6.45) is 7.90. The Labute approximate surface area is 98.5 Å². The van der Waals surface area contributed by atoms with Crippen LogP contribution in [-0.2, 0) is 0 Å². The molecule has 0 bridgehead atoms. The average Bonchev–Trinajstić information content (AvgIpc) is 2.57. The van der Waals surface area contributed by atoms with Crippen molar-refractivity contribution in [3.8, 4) is 0 Å². The highest BCUT2D eigenvalue weighted by molar-refractivity contribution is 5.26. The predicted molar refractivity (Wildman–Crippen MR) is 67.5 cm³/mol. The molecule has 1 fully saturated rings. The maximum absolute atomic E-state index is 9.47. The van der Waals surface area contributed by atoms with Gasteiger partial charge in [-0.3, -0.25) is 0 Å². The smallest absolute Gasteiger partial charge is 0.0761 e. The lowest BCUT2D eigenvalue weighted by Crippen LogP contribution is -1.98. The van der Waals surface area contributed by atoms with E-state index in [0.29, 0.717) is 0 Å². The van der Waals surface area contributed by atoms with Crippen LogP contribution in [0.1, 0.15) is 68.6 Å². The SMILES string of the molecule is CC(O)c1ccc(C2CCCCCC2)cc1. The zero-order valence-corrected chi connectivity index (χ0v) is 10.2. The van der Waals surface area contributed by atoms with Crippen LogP contribution in [0.4, 0.5) is 0 Å². The van der Waals surface area contributed by atoms with Gasteiger partial charge >= 0.3 is 0 Å². The van der Waals surface area contributed by atoms with E-state index in [1.807, 2.05) is 6.92 Å². The topological polar surface area (TPSA) is 20.2 Å². The minimum Gasteiger partial charge on any atom is -0.389 e. The third-order valence-corrected chi connectivity index (χ3v) is 3.75. The van der Waals surface area contributed by atoms with Gasteiger partial charge in [0.1, 0.15) is 0 Å². The summed E-state index contributed by atoms with van der Waals surface area (Å²) in [5.74, 6) is 0.755. The van der Waals surface area contributed by atoms with Crippen LogP contribution in [0.5, 0.6) is 0 Å². The number of hydrogen-bond acceptors (Lipinski definition) is 1. The number of aliphatic hydroxyl groups is 1. The number of benzene rings is 1. The molecule has 0 aliphatic heterocycles. The Morgan fingerprint density at radius 3 is 2.06 bits per heavy atom. The molecule has 2 rings (SSSR count). The molecule has 1 unspecified atom stereocenters. The van der Waals surface area contributed by atoms with Crippen LogP contribution in [0.3, 0.4) is 0 Å². The summed E-state index contributed by atoms with van der Waals surface area (Å²) in [6, 6.07) is 8.56. The molecule has 1 saturated carbocycles. The Kier molecular flexibility index (Phi) is 4.00. The molecule has 88 valence electrons. The Balaban J connectivity index is 2.07. The first-order valence-corrected chi connectivity index (χ1v) is 6.55. The zero-order chi connectivity index (χ0) is 11.4. The van der Waals surface area contributed by atoms with Crippen molar-refractivity contribution in [1.29, 1.82) is 0 Å². The largest absolute Gasteiger partial charge is 0.389 e. The van der Waals surface area contributed by atoms with Crippen molar-refractivity contribution in [2.24, 2.45) is 0 Å². The summed E-state index contributed by atoms with van der Waals surface area (Å²) >= 11 is 0. The van der Waals surface area contributed by atoms with Crippen LogP contribution in [0, 0.1) is 0 Å². The molecular weight excluding hydrogens is 196 g/mol. The molecule has 16 heavy (non-hydrogen) atoms. The van der Waals surface area contributed by atoms with E-state index in [2.05, 4.69) is 24.3 Å². The van der Waals surface area contributed by atoms with E-state index in [4.69, 9.17) is 0 Å². The zero-order valence-electron chi connectivity index (χ0n) is 10.2. The summed E-state index contributed by atoms with van der Waals surface area (Å²) in [7, 11) is 0. The van der Waals surface area contributed by atoms with Crippen LogP contribution in [0.25, 0.3) is 0 Å². The maximum Gasteiger partial charge on any atom is 0.0761 e. The summed E-state index contributed by atoms with van der Waals surface area (Å²) in [5.41, 5.74) is 2.49. The second-order valence-electron chi connectivity index (χ2n) is 5.03. The fraction of sp³-hybridized carbons (Fsp3) is 0.600. The Morgan fingerprint density at radius 1 is 1.00 bits per heavy atom.